The third kappa shape index (κ3) is 5.85. The van der Waals surface area contributed by atoms with Gasteiger partial charge in [0.25, 0.3) is 0 Å². The largest absolute Gasteiger partial charge is 0.493 e. The average molecular weight is 426 g/mol. The molecule has 0 amide bonds. The lowest BCUT2D eigenvalue weighted by Gasteiger charge is -2.38. The summed E-state index contributed by atoms with van der Waals surface area (Å²) in [5.41, 5.74) is 1.33. The minimum Gasteiger partial charge on any atom is -0.493 e. The topological polar surface area (TPSA) is 49.8 Å². The number of carbonyl (C=O) groups is 1. The normalized spacial score (nSPS) is 19.8. The van der Waals surface area contributed by atoms with Gasteiger partial charge in [-0.3, -0.25) is 0 Å². The van der Waals surface area contributed by atoms with Gasteiger partial charge < -0.3 is 14.7 Å². The monoisotopic (exact) mass is 425 g/mol. The Morgan fingerprint density at radius 1 is 0.968 bits per heavy atom. The van der Waals surface area contributed by atoms with Gasteiger partial charge in [-0.1, -0.05) is 43.5 Å². The van der Waals surface area contributed by atoms with Gasteiger partial charge in [-0.25, -0.2) is 9.18 Å². The fourth-order valence-electron chi connectivity index (χ4n) is 4.82. The number of carboxylic acid groups (broad SMARTS) is 1. The molecule has 0 bridgehead atoms. The zero-order chi connectivity index (χ0) is 21.7. The fourth-order valence-corrected chi connectivity index (χ4v) is 4.82. The molecule has 0 spiro atoms. The third-order valence-corrected chi connectivity index (χ3v) is 6.77. The van der Waals surface area contributed by atoms with E-state index in [2.05, 4.69) is 4.90 Å². The predicted octanol–water partition coefficient (Wildman–Crippen LogP) is 5.82. The number of halogens is 1. The molecule has 2 aromatic rings. The van der Waals surface area contributed by atoms with Crippen molar-refractivity contribution in [2.24, 2.45) is 5.92 Å². The number of rotatable bonds is 7. The lowest BCUT2D eigenvalue weighted by atomic mass is 9.85. The summed E-state index contributed by atoms with van der Waals surface area (Å²) in [7, 11) is 0. The fraction of sp³-hybridized carbons (Fsp3) is 0.500. The van der Waals surface area contributed by atoms with Crippen LogP contribution in [0, 0.1) is 5.92 Å². The van der Waals surface area contributed by atoms with Crippen molar-refractivity contribution in [2.45, 2.75) is 50.6 Å². The first-order chi connectivity index (χ1) is 15.0. The second-order valence-corrected chi connectivity index (χ2v) is 9.15. The van der Waals surface area contributed by atoms with E-state index in [1.54, 1.807) is 12.1 Å². The van der Waals surface area contributed by atoms with Gasteiger partial charge in [0.1, 0.15) is 11.4 Å². The molecule has 4 rings (SSSR count). The van der Waals surface area contributed by atoms with Crippen molar-refractivity contribution in [1.29, 1.82) is 0 Å². The summed E-state index contributed by atoms with van der Waals surface area (Å²) < 4.78 is 21.0. The van der Waals surface area contributed by atoms with Crippen molar-refractivity contribution in [2.75, 3.05) is 26.2 Å². The smallest absolute Gasteiger partial charge is 0.335 e. The first-order valence-electron chi connectivity index (χ1n) is 11.5. The maximum Gasteiger partial charge on any atom is 0.335 e. The molecule has 0 aromatic heterocycles. The van der Waals surface area contributed by atoms with Gasteiger partial charge in [0.15, 0.2) is 0 Å². The van der Waals surface area contributed by atoms with Gasteiger partial charge in [0, 0.05) is 6.54 Å². The molecule has 1 N–H and O–H groups in total. The van der Waals surface area contributed by atoms with Crippen LogP contribution < -0.4 is 4.74 Å². The third-order valence-electron chi connectivity index (χ3n) is 6.77. The molecule has 1 aliphatic heterocycles. The predicted molar refractivity (Wildman–Crippen MR) is 120 cm³/mol. The highest BCUT2D eigenvalue weighted by Crippen LogP contribution is 2.33. The molecule has 0 unspecified atom stereocenters. The van der Waals surface area contributed by atoms with E-state index in [0.29, 0.717) is 19.1 Å². The Bertz CT molecular complexity index is 851. The molecule has 31 heavy (non-hydrogen) atoms. The summed E-state index contributed by atoms with van der Waals surface area (Å²) in [6.07, 6.45) is 6.84. The van der Waals surface area contributed by atoms with Crippen molar-refractivity contribution in [1.82, 2.24) is 4.90 Å². The summed E-state index contributed by atoms with van der Waals surface area (Å²) >= 11 is 0. The van der Waals surface area contributed by atoms with Crippen molar-refractivity contribution in [3.63, 3.8) is 0 Å². The van der Waals surface area contributed by atoms with Gasteiger partial charge in [0.05, 0.1) is 12.2 Å². The van der Waals surface area contributed by atoms with Crippen LogP contribution in [0.2, 0.25) is 0 Å². The minimum absolute atomic E-state index is 0.287. The second kappa shape index (κ2) is 9.82. The highest BCUT2D eigenvalue weighted by molar-refractivity contribution is 5.88. The molecule has 0 radical (unpaired) electrons. The van der Waals surface area contributed by atoms with Crippen molar-refractivity contribution in [3.8, 4) is 16.9 Å². The van der Waals surface area contributed by atoms with E-state index in [1.165, 1.54) is 6.42 Å². The maximum atomic E-state index is 14.9. The molecular weight excluding hydrogens is 393 g/mol. The number of ether oxygens (including phenoxy) is 1. The van der Waals surface area contributed by atoms with Gasteiger partial charge in [-0.15, -0.1) is 0 Å². The van der Waals surface area contributed by atoms with Crippen LogP contribution in [0.4, 0.5) is 4.39 Å². The summed E-state index contributed by atoms with van der Waals surface area (Å²) in [6.45, 7) is 3.23. The van der Waals surface area contributed by atoms with Crippen molar-refractivity contribution >= 4 is 5.97 Å². The Morgan fingerprint density at radius 3 is 2.13 bits per heavy atom. The molecule has 1 heterocycles. The summed E-state index contributed by atoms with van der Waals surface area (Å²) in [5, 5.41) is 9.01. The zero-order valence-corrected chi connectivity index (χ0v) is 18.1. The van der Waals surface area contributed by atoms with E-state index >= 15 is 0 Å². The van der Waals surface area contributed by atoms with E-state index in [4.69, 9.17) is 9.84 Å². The molecular formula is C26H32FNO3. The molecule has 1 saturated carbocycles. The van der Waals surface area contributed by atoms with Crippen molar-refractivity contribution in [3.05, 3.63) is 54.1 Å². The SMILES string of the molecule is O=C(O)c1ccc(-c2ccc(OCC3CCN(CC4(F)CCCCC4)CC3)cc2)cc1. The van der Waals surface area contributed by atoms with Crippen LogP contribution in [0.1, 0.15) is 55.3 Å². The standard InChI is InChI=1S/C26H32FNO3/c27-26(14-2-1-3-15-26)19-28-16-12-20(13-17-28)18-31-24-10-8-22(9-11-24)21-4-6-23(7-5-21)25(29)30/h4-11,20H,1-3,12-19H2,(H,29,30). The molecule has 2 aliphatic rings. The van der Waals surface area contributed by atoms with E-state index in [0.717, 1.165) is 68.5 Å². The molecule has 1 aliphatic carbocycles. The van der Waals surface area contributed by atoms with Crippen LogP contribution in [0.3, 0.4) is 0 Å². The molecule has 2 fully saturated rings. The molecule has 5 heteroatoms. The first-order valence-corrected chi connectivity index (χ1v) is 11.5. The van der Waals surface area contributed by atoms with Gasteiger partial charge in [0.2, 0.25) is 0 Å². The molecule has 2 aromatic carbocycles. The number of piperidine rings is 1. The minimum atomic E-state index is -0.961. The Balaban J connectivity index is 1.22. The van der Waals surface area contributed by atoms with Crippen LogP contribution in [0.25, 0.3) is 11.1 Å². The van der Waals surface area contributed by atoms with E-state index in [9.17, 15) is 9.18 Å². The number of likely N-dealkylation sites (tertiary alicyclic amines) is 1. The Kier molecular flexibility index (Phi) is 6.91. The summed E-state index contributed by atoms with van der Waals surface area (Å²) in [5.74, 6) is 0.443. The Hall–Kier alpha value is -2.40. The highest BCUT2D eigenvalue weighted by atomic mass is 19.1. The number of hydrogen-bond donors (Lipinski definition) is 1. The van der Waals surface area contributed by atoms with Crippen LogP contribution in [0.5, 0.6) is 5.75 Å². The average Bonchev–Trinajstić information content (AvgIpc) is 2.79. The molecule has 1 saturated heterocycles. The summed E-state index contributed by atoms with van der Waals surface area (Å²) in [6, 6.07) is 14.8. The Morgan fingerprint density at radius 2 is 1.55 bits per heavy atom. The lowest BCUT2D eigenvalue weighted by Crippen LogP contribution is -2.45. The van der Waals surface area contributed by atoms with E-state index in [1.807, 2.05) is 36.4 Å². The van der Waals surface area contributed by atoms with E-state index < -0.39 is 11.6 Å². The summed E-state index contributed by atoms with van der Waals surface area (Å²) in [4.78, 5) is 13.3. The number of benzene rings is 2. The number of hydrogen-bond acceptors (Lipinski definition) is 3. The van der Waals surface area contributed by atoms with E-state index in [-0.39, 0.29) is 5.56 Å². The molecule has 0 atom stereocenters. The highest BCUT2D eigenvalue weighted by Gasteiger charge is 2.34. The molecule has 166 valence electrons. The van der Waals surface area contributed by atoms with Crippen molar-refractivity contribution < 1.29 is 19.0 Å². The number of carboxylic acids is 1. The number of nitrogens with zero attached hydrogens (tertiary/aromatic N) is 1. The maximum absolute atomic E-state index is 14.9. The number of aromatic carboxylic acids is 1. The van der Waals surface area contributed by atoms with Gasteiger partial charge >= 0.3 is 5.97 Å². The zero-order valence-electron chi connectivity index (χ0n) is 18.1. The van der Waals surface area contributed by atoms with Gasteiger partial charge in [-0.2, -0.15) is 0 Å². The van der Waals surface area contributed by atoms with Crippen LogP contribution in [-0.2, 0) is 0 Å². The molecule has 4 nitrogen and oxygen atoms in total. The van der Waals surface area contributed by atoms with Crippen LogP contribution in [0.15, 0.2) is 48.5 Å². The Labute approximate surface area is 184 Å². The van der Waals surface area contributed by atoms with Crippen LogP contribution >= 0.6 is 0 Å². The van der Waals surface area contributed by atoms with Gasteiger partial charge in [-0.05, 0) is 80.1 Å². The quantitative estimate of drug-likeness (QED) is 0.608. The number of alkyl halides is 1. The first kappa shape index (κ1) is 21.8. The van der Waals surface area contributed by atoms with Crippen LogP contribution in [-0.4, -0.2) is 47.9 Å². The lowest BCUT2D eigenvalue weighted by molar-refractivity contribution is 0.0363. The second-order valence-electron chi connectivity index (χ2n) is 9.15.